The Kier molecular flexibility index (Phi) is 2.37. The van der Waals surface area contributed by atoms with Crippen LogP contribution in [0.25, 0.3) is 0 Å². The summed E-state index contributed by atoms with van der Waals surface area (Å²) in [7, 11) is 1.78. The lowest BCUT2D eigenvalue weighted by molar-refractivity contribution is 0.213. The van der Waals surface area contributed by atoms with Crippen molar-refractivity contribution in [2.45, 2.75) is 31.2 Å². The molecule has 1 heterocycles. The summed E-state index contributed by atoms with van der Waals surface area (Å²) in [5.41, 5.74) is -0.206. The average Bonchev–Trinajstić information content (AvgIpc) is 2.79. The van der Waals surface area contributed by atoms with Crippen molar-refractivity contribution in [1.82, 2.24) is 20.2 Å². The zero-order chi connectivity index (χ0) is 10.0. The molecule has 2 N–H and O–H groups in total. The van der Waals surface area contributed by atoms with Crippen LogP contribution in [0.2, 0.25) is 0 Å². The smallest absolute Gasteiger partial charge is 0.243 e. The van der Waals surface area contributed by atoms with Crippen LogP contribution in [0, 0.1) is 0 Å². The van der Waals surface area contributed by atoms with Crippen LogP contribution in [0.1, 0.15) is 25.7 Å². The summed E-state index contributed by atoms with van der Waals surface area (Å²) in [5, 5.41) is 23.7. The molecule has 1 saturated carbocycles. The van der Waals surface area contributed by atoms with E-state index in [0.29, 0.717) is 5.95 Å². The van der Waals surface area contributed by atoms with Crippen LogP contribution in [0.3, 0.4) is 0 Å². The van der Waals surface area contributed by atoms with Gasteiger partial charge in [0.1, 0.15) is 0 Å². The van der Waals surface area contributed by atoms with E-state index in [1.54, 1.807) is 11.7 Å². The van der Waals surface area contributed by atoms with E-state index < -0.39 is 0 Å². The lowest BCUT2D eigenvalue weighted by Gasteiger charge is -2.27. The van der Waals surface area contributed by atoms with Gasteiger partial charge in [0.05, 0.1) is 12.1 Å². The molecule has 14 heavy (non-hydrogen) atoms. The Hall–Kier alpha value is -1.17. The van der Waals surface area contributed by atoms with Gasteiger partial charge in [-0.2, -0.15) is 0 Å². The van der Waals surface area contributed by atoms with Gasteiger partial charge in [-0.3, -0.25) is 0 Å². The van der Waals surface area contributed by atoms with E-state index in [1.807, 2.05) is 0 Å². The third-order valence-electron chi connectivity index (χ3n) is 2.86. The van der Waals surface area contributed by atoms with Crippen LogP contribution in [0.5, 0.6) is 0 Å². The average molecular weight is 197 g/mol. The Morgan fingerprint density at radius 2 is 2.21 bits per heavy atom. The van der Waals surface area contributed by atoms with Gasteiger partial charge in [0.25, 0.3) is 0 Å². The molecule has 2 rings (SSSR count). The molecule has 1 aliphatic rings. The molecule has 0 radical (unpaired) electrons. The molecule has 0 unspecified atom stereocenters. The van der Waals surface area contributed by atoms with E-state index in [-0.39, 0.29) is 12.1 Å². The fourth-order valence-corrected chi connectivity index (χ4v) is 1.95. The molecule has 0 aromatic carbocycles. The van der Waals surface area contributed by atoms with Gasteiger partial charge < -0.3 is 10.4 Å². The number of nitrogens with zero attached hydrogens (tertiary/aromatic N) is 4. The first-order valence-electron chi connectivity index (χ1n) is 4.87. The Morgan fingerprint density at radius 3 is 2.71 bits per heavy atom. The second-order valence-electron chi connectivity index (χ2n) is 3.90. The van der Waals surface area contributed by atoms with E-state index in [2.05, 4.69) is 20.8 Å². The van der Waals surface area contributed by atoms with Gasteiger partial charge in [-0.05, 0) is 23.3 Å². The molecule has 1 fully saturated rings. The first kappa shape index (κ1) is 9.39. The number of aliphatic hydroxyl groups is 1. The Balaban J connectivity index is 2.12. The number of aromatic nitrogens is 4. The molecule has 6 heteroatoms. The number of anilines is 1. The second kappa shape index (κ2) is 3.53. The number of rotatable bonds is 3. The summed E-state index contributed by atoms with van der Waals surface area (Å²) in [5.74, 6) is 0.626. The zero-order valence-corrected chi connectivity index (χ0v) is 8.27. The van der Waals surface area contributed by atoms with Gasteiger partial charge in [-0.15, -0.1) is 0 Å². The van der Waals surface area contributed by atoms with Crippen LogP contribution >= 0.6 is 0 Å². The summed E-state index contributed by atoms with van der Waals surface area (Å²) >= 11 is 0. The first-order chi connectivity index (χ1) is 6.76. The normalized spacial score (nSPS) is 19.9. The third-order valence-corrected chi connectivity index (χ3v) is 2.86. The molecule has 0 aliphatic heterocycles. The molecule has 0 amide bonds. The minimum absolute atomic E-state index is 0.139. The minimum Gasteiger partial charge on any atom is -0.394 e. The lowest BCUT2D eigenvalue weighted by Crippen LogP contribution is -2.40. The fourth-order valence-electron chi connectivity index (χ4n) is 1.95. The second-order valence-corrected chi connectivity index (χ2v) is 3.90. The minimum atomic E-state index is -0.206. The van der Waals surface area contributed by atoms with E-state index in [0.717, 1.165) is 25.7 Å². The SMILES string of the molecule is Cn1nnnc1NC1(CO)CCCC1. The highest BCUT2D eigenvalue weighted by Gasteiger charge is 2.34. The summed E-state index contributed by atoms with van der Waals surface area (Å²) in [6, 6.07) is 0. The lowest BCUT2D eigenvalue weighted by atomic mass is 9.99. The topological polar surface area (TPSA) is 75.9 Å². The maximum absolute atomic E-state index is 9.37. The van der Waals surface area contributed by atoms with E-state index in [9.17, 15) is 5.11 Å². The summed E-state index contributed by atoms with van der Waals surface area (Å²) in [6.07, 6.45) is 4.27. The highest BCUT2D eigenvalue weighted by atomic mass is 16.3. The van der Waals surface area contributed by atoms with Crippen molar-refractivity contribution in [3.05, 3.63) is 0 Å². The van der Waals surface area contributed by atoms with E-state index >= 15 is 0 Å². The molecule has 1 aromatic rings. The van der Waals surface area contributed by atoms with Crippen molar-refractivity contribution in [3.8, 4) is 0 Å². The van der Waals surface area contributed by atoms with Crippen LogP contribution in [-0.2, 0) is 7.05 Å². The van der Waals surface area contributed by atoms with Crippen LogP contribution in [-0.4, -0.2) is 37.5 Å². The van der Waals surface area contributed by atoms with Crippen molar-refractivity contribution in [3.63, 3.8) is 0 Å². The van der Waals surface area contributed by atoms with E-state index in [1.165, 1.54) is 0 Å². The van der Waals surface area contributed by atoms with Crippen molar-refractivity contribution in [1.29, 1.82) is 0 Å². The molecule has 0 atom stereocenters. The predicted molar refractivity (Wildman–Crippen MR) is 50.7 cm³/mol. The Labute approximate surface area is 82.3 Å². The zero-order valence-electron chi connectivity index (χ0n) is 8.27. The largest absolute Gasteiger partial charge is 0.394 e. The number of nitrogens with one attached hydrogen (secondary N) is 1. The van der Waals surface area contributed by atoms with Gasteiger partial charge >= 0.3 is 0 Å². The van der Waals surface area contributed by atoms with Gasteiger partial charge in [-0.1, -0.05) is 17.9 Å². The van der Waals surface area contributed by atoms with Crippen LogP contribution in [0.15, 0.2) is 0 Å². The highest BCUT2D eigenvalue weighted by Crippen LogP contribution is 2.31. The van der Waals surface area contributed by atoms with Crippen molar-refractivity contribution < 1.29 is 5.11 Å². The molecule has 1 aromatic heterocycles. The summed E-state index contributed by atoms with van der Waals surface area (Å²) in [6.45, 7) is 0.139. The highest BCUT2D eigenvalue weighted by molar-refractivity contribution is 5.28. The Morgan fingerprint density at radius 1 is 1.50 bits per heavy atom. The standard InChI is InChI=1S/C8H15N5O/c1-13-7(10-11-12-13)9-8(6-14)4-2-3-5-8/h14H,2-6H2,1H3,(H,9,10,12). The molecule has 1 aliphatic carbocycles. The third kappa shape index (κ3) is 1.57. The van der Waals surface area contributed by atoms with Gasteiger partial charge in [0.2, 0.25) is 5.95 Å². The molecule has 78 valence electrons. The predicted octanol–water partition coefficient (Wildman–Crippen LogP) is -0.0729. The van der Waals surface area contributed by atoms with Crippen LogP contribution in [0.4, 0.5) is 5.95 Å². The molecular weight excluding hydrogens is 182 g/mol. The molecule has 0 bridgehead atoms. The molecule has 0 saturated heterocycles. The number of tetrazole rings is 1. The fraction of sp³-hybridized carbons (Fsp3) is 0.875. The van der Waals surface area contributed by atoms with Gasteiger partial charge in [0.15, 0.2) is 0 Å². The summed E-state index contributed by atoms with van der Waals surface area (Å²) < 4.78 is 1.58. The number of hydrogen-bond donors (Lipinski definition) is 2. The number of aryl methyl sites for hydroxylation is 1. The van der Waals surface area contributed by atoms with Crippen molar-refractivity contribution in [2.75, 3.05) is 11.9 Å². The first-order valence-corrected chi connectivity index (χ1v) is 4.87. The Bertz CT molecular complexity index is 304. The molecular formula is C8H15N5O. The molecule has 0 spiro atoms. The number of hydrogen-bond acceptors (Lipinski definition) is 5. The monoisotopic (exact) mass is 197 g/mol. The van der Waals surface area contributed by atoms with Crippen LogP contribution < -0.4 is 5.32 Å². The van der Waals surface area contributed by atoms with Gasteiger partial charge in [0, 0.05) is 7.05 Å². The maximum Gasteiger partial charge on any atom is 0.243 e. The number of aliphatic hydroxyl groups excluding tert-OH is 1. The summed E-state index contributed by atoms with van der Waals surface area (Å²) in [4.78, 5) is 0. The van der Waals surface area contributed by atoms with Crippen molar-refractivity contribution in [2.24, 2.45) is 7.05 Å². The van der Waals surface area contributed by atoms with Gasteiger partial charge in [-0.25, -0.2) is 4.68 Å². The quantitative estimate of drug-likeness (QED) is 0.709. The maximum atomic E-state index is 9.37. The van der Waals surface area contributed by atoms with E-state index in [4.69, 9.17) is 0 Å². The van der Waals surface area contributed by atoms with Crippen molar-refractivity contribution >= 4 is 5.95 Å². The molecule has 6 nitrogen and oxygen atoms in total.